The molecule has 2 aliphatic carbocycles. The molecular weight excluding hydrogens is 310 g/mol. The third-order valence-electron chi connectivity index (χ3n) is 7.04. The lowest BCUT2D eigenvalue weighted by Crippen LogP contribution is -2.52. The summed E-state index contributed by atoms with van der Waals surface area (Å²) in [7, 11) is -2.88. The summed E-state index contributed by atoms with van der Waals surface area (Å²) in [6.45, 7) is 1.54. The number of rotatable bonds is 3. The maximum absolute atomic E-state index is 13.2. The van der Waals surface area contributed by atoms with Crippen LogP contribution in [0.3, 0.4) is 0 Å². The summed E-state index contributed by atoms with van der Waals surface area (Å²) in [5, 5.41) is 0. The van der Waals surface area contributed by atoms with E-state index in [9.17, 15) is 13.2 Å². The number of piperidine rings is 1. The van der Waals surface area contributed by atoms with E-state index in [-0.39, 0.29) is 11.3 Å². The Morgan fingerprint density at radius 2 is 1.65 bits per heavy atom. The van der Waals surface area contributed by atoms with Crippen LogP contribution in [0.4, 0.5) is 0 Å². The van der Waals surface area contributed by atoms with E-state index in [2.05, 4.69) is 4.90 Å². The molecule has 4 nitrogen and oxygen atoms in total. The van der Waals surface area contributed by atoms with Crippen molar-refractivity contribution in [2.75, 3.05) is 24.6 Å². The highest BCUT2D eigenvalue weighted by Crippen LogP contribution is 2.47. The number of hydrogen-bond acceptors (Lipinski definition) is 3. The van der Waals surface area contributed by atoms with Crippen LogP contribution in [0, 0.1) is 23.2 Å². The van der Waals surface area contributed by atoms with Crippen molar-refractivity contribution in [1.82, 2.24) is 4.90 Å². The monoisotopic (exact) mass is 339 g/mol. The van der Waals surface area contributed by atoms with Gasteiger partial charge in [0, 0.05) is 24.4 Å². The molecule has 0 radical (unpaired) electrons. The van der Waals surface area contributed by atoms with Crippen LogP contribution in [-0.2, 0) is 14.6 Å². The molecule has 2 saturated carbocycles. The number of sulfone groups is 1. The van der Waals surface area contributed by atoms with E-state index < -0.39 is 9.84 Å². The van der Waals surface area contributed by atoms with Crippen molar-refractivity contribution in [2.45, 2.75) is 57.8 Å². The Bertz CT molecular complexity index is 565. The normalized spacial score (nSPS) is 34.6. The fourth-order valence-corrected chi connectivity index (χ4v) is 7.50. The molecular formula is C18H29NO3S. The predicted molar refractivity (Wildman–Crippen MR) is 89.7 cm³/mol. The van der Waals surface area contributed by atoms with Gasteiger partial charge >= 0.3 is 0 Å². The number of amides is 1. The largest absolute Gasteiger partial charge is 0.342 e. The van der Waals surface area contributed by atoms with Crippen LogP contribution in [0.1, 0.15) is 57.8 Å². The number of carbonyl (C=O) groups is 1. The summed E-state index contributed by atoms with van der Waals surface area (Å²) in [5.41, 5.74) is -0.128. The molecule has 4 aliphatic rings. The minimum Gasteiger partial charge on any atom is -0.342 e. The van der Waals surface area contributed by atoms with E-state index in [0.717, 1.165) is 25.8 Å². The zero-order valence-electron chi connectivity index (χ0n) is 14.0. The predicted octanol–water partition coefficient (Wildman–Crippen LogP) is 2.63. The Balaban J connectivity index is 1.48. The zero-order chi connectivity index (χ0) is 16.1. The molecule has 1 unspecified atom stereocenters. The molecule has 2 heterocycles. The highest BCUT2D eigenvalue weighted by molar-refractivity contribution is 7.91. The Kier molecular flexibility index (Phi) is 3.98. The highest BCUT2D eigenvalue weighted by atomic mass is 32.2. The molecule has 1 atom stereocenters. The van der Waals surface area contributed by atoms with Gasteiger partial charge in [0.2, 0.25) is 5.91 Å². The molecule has 2 aliphatic heterocycles. The summed E-state index contributed by atoms with van der Waals surface area (Å²) in [4.78, 5) is 15.3. The van der Waals surface area contributed by atoms with Crippen molar-refractivity contribution in [3.63, 3.8) is 0 Å². The van der Waals surface area contributed by atoms with Crippen LogP contribution in [0.15, 0.2) is 0 Å². The van der Waals surface area contributed by atoms with E-state index in [1.165, 1.54) is 38.5 Å². The van der Waals surface area contributed by atoms with Gasteiger partial charge in [-0.3, -0.25) is 4.79 Å². The number of hydrogen-bond donors (Lipinski definition) is 0. The summed E-state index contributed by atoms with van der Waals surface area (Å²) in [6, 6.07) is 0. The van der Waals surface area contributed by atoms with E-state index in [1.807, 2.05) is 0 Å². The first-order valence-corrected chi connectivity index (χ1v) is 11.3. The van der Waals surface area contributed by atoms with E-state index in [0.29, 0.717) is 35.8 Å². The van der Waals surface area contributed by atoms with Gasteiger partial charge in [-0.15, -0.1) is 0 Å². The van der Waals surface area contributed by atoms with Gasteiger partial charge in [-0.05, 0) is 56.8 Å². The zero-order valence-corrected chi connectivity index (χ0v) is 14.8. The Morgan fingerprint density at radius 3 is 2.13 bits per heavy atom. The molecule has 1 spiro atoms. The maximum Gasteiger partial charge on any atom is 0.226 e. The summed E-state index contributed by atoms with van der Waals surface area (Å²) < 4.78 is 23.9. The minimum atomic E-state index is -2.88. The van der Waals surface area contributed by atoms with Crippen LogP contribution in [0.2, 0.25) is 0 Å². The van der Waals surface area contributed by atoms with Crippen molar-refractivity contribution in [1.29, 1.82) is 0 Å². The summed E-state index contributed by atoms with van der Waals surface area (Å²) in [5.74, 6) is 2.45. The van der Waals surface area contributed by atoms with Gasteiger partial charge in [0.15, 0.2) is 9.84 Å². The van der Waals surface area contributed by atoms with Crippen molar-refractivity contribution >= 4 is 15.7 Å². The maximum atomic E-state index is 13.2. The van der Waals surface area contributed by atoms with Gasteiger partial charge in [-0.2, -0.15) is 0 Å². The topological polar surface area (TPSA) is 54.5 Å². The summed E-state index contributed by atoms with van der Waals surface area (Å²) >= 11 is 0. The van der Waals surface area contributed by atoms with Crippen molar-refractivity contribution < 1.29 is 13.2 Å². The first kappa shape index (κ1) is 15.9. The number of likely N-dealkylation sites (tertiary alicyclic amines) is 1. The Hall–Kier alpha value is -0.580. The molecule has 0 N–H and O–H groups in total. The standard InChI is InChI=1S/C18H29NO3S/c20-17(16(14-4-1-5-14)15-6-2-7-15)19-10-3-8-18(12-19)9-11-23(21,22)13-18/h14-16H,1-13H2. The molecule has 0 aromatic carbocycles. The van der Waals surface area contributed by atoms with Gasteiger partial charge in [0.1, 0.15) is 0 Å². The van der Waals surface area contributed by atoms with Gasteiger partial charge in [0.05, 0.1) is 11.5 Å². The van der Waals surface area contributed by atoms with Crippen LogP contribution in [0.25, 0.3) is 0 Å². The van der Waals surface area contributed by atoms with Crippen molar-refractivity contribution in [2.24, 2.45) is 23.2 Å². The Labute approximate surface area is 139 Å². The fraction of sp³-hybridized carbons (Fsp3) is 0.944. The van der Waals surface area contributed by atoms with Gasteiger partial charge in [-0.1, -0.05) is 12.8 Å². The van der Waals surface area contributed by atoms with Gasteiger partial charge < -0.3 is 4.90 Å². The second-order valence-corrected chi connectivity index (χ2v) is 10.8. The third-order valence-corrected chi connectivity index (χ3v) is 8.92. The third kappa shape index (κ3) is 2.94. The summed E-state index contributed by atoms with van der Waals surface area (Å²) in [6.07, 6.45) is 10.2. The Morgan fingerprint density at radius 1 is 1.00 bits per heavy atom. The molecule has 5 heteroatoms. The minimum absolute atomic E-state index is 0.128. The van der Waals surface area contributed by atoms with Gasteiger partial charge in [0.25, 0.3) is 0 Å². The average molecular weight is 340 g/mol. The van der Waals surface area contributed by atoms with E-state index in [1.54, 1.807) is 0 Å². The fourth-order valence-electron chi connectivity index (χ4n) is 5.30. The second kappa shape index (κ2) is 5.75. The highest BCUT2D eigenvalue weighted by Gasteiger charge is 2.48. The molecule has 4 rings (SSSR count). The van der Waals surface area contributed by atoms with E-state index >= 15 is 0 Å². The molecule has 130 valence electrons. The lowest BCUT2D eigenvalue weighted by Gasteiger charge is -2.46. The lowest BCUT2D eigenvalue weighted by atomic mass is 9.64. The smallest absolute Gasteiger partial charge is 0.226 e. The quantitative estimate of drug-likeness (QED) is 0.794. The van der Waals surface area contributed by atoms with Crippen molar-refractivity contribution in [3.8, 4) is 0 Å². The van der Waals surface area contributed by atoms with Crippen LogP contribution < -0.4 is 0 Å². The second-order valence-electron chi connectivity index (χ2n) is 8.61. The molecule has 1 amide bonds. The molecule has 23 heavy (non-hydrogen) atoms. The molecule has 4 fully saturated rings. The molecule has 2 saturated heterocycles. The van der Waals surface area contributed by atoms with Crippen molar-refractivity contribution in [3.05, 3.63) is 0 Å². The van der Waals surface area contributed by atoms with Gasteiger partial charge in [-0.25, -0.2) is 8.42 Å². The molecule has 0 aromatic rings. The molecule has 0 aromatic heterocycles. The molecule has 0 bridgehead atoms. The van der Waals surface area contributed by atoms with Crippen LogP contribution in [0.5, 0.6) is 0 Å². The van der Waals surface area contributed by atoms with E-state index in [4.69, 9.17) is 0 Å². The first-order valence-electron chi connectivity index (χ1n) is 9.47. The number of nitrogens with zero attached hydrogens (tertiary/aromatic N) is 1. The average Bonchev–Trinajstić information content (AvgIpc) is 2.68. The first-order chi connectivity index (χ1) is 11.0. The lowest BCUT2D eigenvalue weighted by molar-refractivity contribution is -0.146. The van der Waals surface area contributed by atoms with Crippen LogP contribution in [-0.4, -0.2) is 43.8 Å². The SMILES string of the molecule is O=C(C(C1CCC1)C1CCC1)N1CCCC2(CCS(=O)(=O)C2)C1. The number of carbonyl (C=O) groups excluding carboxylic acids is 1. The van der Waals surface area contributed by atoms with Crippen LogP contribution >= 0.6 is 0 Å².